The van der Waals surface area contributed by atoms with Crippen molar-refractivity contribution in [2.45, 2.75) is 44.1 Å². The lowest BCUT2D eigenvalue weighted by molar-refractivity contribution is 0.670. The molecule has 1 saturated carbocycles. The number of thiazole rings is 1. The summed E-state index contributed by atoms with van der Waals surface area (Å²) in [6, 6.07) is 0. The van der Waals surface area contributed by atoms with Crippen LogP contribution in [0.1, 0.15) is 41.3 Å². The summed E-state index contributed by atoms with van der Waals surface area (Å²) < 4.78 is 0. The number of hydrogen-bond acceptors (Lipinski definition) is 3. The molecule has 13 heavy (non-hydrogen) atoms. The van der Waals surface area contributed by atoms with Crippen molar-refractivity contribution in [3.05, 3.63) is 15.6 Å². The fourth-order valence-electron chi connectivity index (χ4n) is 1.91. The van der Waals surface area contributed by atoms with Crippen LogP contribution >= 0.6 is 11.3 Å². The first-order valence-electron chi connectivity index (χ1n) is 5.06. The molecule has 0 unspecified atom stereocenters. The van der Waals surface area contributed by atoms with Gasteiger partial charge >= 0.3 is 0 Å². The van der Waals surface area contributed by atoms with Gasteiger partial charge in [0.05, 0.1) is 11.2 Å². The minimum absolute atomic E-state index is 0.0119. The number of aromatic nitrogens is 1. The molecule has 0 saturated heterocycles. The molecule has 0 spiro atoms. The zero-order chi connectivity index (χ0) is 8.89. The Morgan fingerprint density at radius 3 is 2.69 bits per heavy atom. The highest BCUT2D eigenvalue weighted by Crippen LogP contribution is 2.45. The van der Waals surface area contributed by atoms with Crippen molar-refractivity contribution in [2.24, 2.45) is 5.73 Å². The fraction of sp³-hybridized carbons (Fsp3) is 0.700. The molecule has 2 nitrogen and oxygen atoms in total. The second-order valence-electron chi connectivity index (χ2n) is 4.25. The van der Waals surface area contributed by atoms with Gasteiger partial charge in [-0.25, -0.2) is 4.98 Å². The molecule has 1 fully saturated rings. The van der Waals surface area contributed by atoms with Crippen LogP contribution < -0.4 is 5.73 Å². The average Bonchev–Trinajstić information content (AvgIpc) is 2.76. The molecule has 2 N–H and O–H groups in total. The summed E-state index contributed by atoms with van der Waals surface area (Å²) in [5, 5.41) is 1.21. The van der Waals surface area contributed by atoms with Gasteiger partial charge in [-0.1, -0.05) is 0 Å². The highest BCUT2D eigenvalue weighted by molar-refractivity contribution is 7.12. The summed E-state index contributed by atoms with van der Waals surface area (Å²) >= 11 is 1.87. The second-order valence-corrected chi connectivity index (χ2v) is 5.34. The van der Waals surface area contributed by atoms with Crippen molar-refractivity contribution in [3.8, 4) is 0 Å². The third kappa shape index (κ3) is 1.22. The van der Waals surface area contributed by atoms with E-state index in [0.717, 1.165) is 12.8 Å². The maximum atomic E-state index is 6.13. The zero-order valence-corrected chi connectivity index (χ0v) is 8.49. The van der Waals surface area contributed by atoms with E-state index in [1.807, 2.05) is 11.3 Å². The number of nitrogens with two attached hydrogens (primary N) is 1. The highest BCUT2D eigenvalue weighted by atomic mass is 32.1. The Bertz CT molecular complexity index is 315. The van der Waals surface area contributed by atoms with E-state index in [-0.39, 0.29) is 5.54 Å². The second kappa shape index (κ2) is 2.55. The van der Waals surface area contributed by atoms with E-state index in [1.165, 1.54) is 41.3 Å². The standard InChI is InChI=1S/C10H14N2S/c11-10(5-6-10)9-12-7-3-1-2-4-8(7)13-9/h1-6,11H2. The molecule has 2 aliphatic carbocycles. The van der Waals surface area contributed by atoms with Gasteiger partial charge in [-0.2, -0.15) is 0 Å². The van der Waals surface area contributed by atoms with Crippen LogP contribution in [0.4, 0.5) is 0 Å². The molecule has 1 heterocycles. The normalized spacial score (nSPS) is 24.1. The van der Waals surface area contributed by atoms with Crippen LogP contribution in [0.15, 0.2) is 0 Å². The molecule has 0 atom stereocenters. The van der Waals surface area contributed by atoms with Crippen LogP contribution in [0.3, 0.4) is 0 Å². The monoisotopic (exact) mass is 194 g/mol. The van der Waals surface area contributed by atoms with Crippen molar-refractivity contribution >= 4 is 11.3 Å². The third-order valence-corrected chi connectivity index (χ3v) is 4.44. The van der Waals surface area contributed by atoms with E-state index >= 15 is 0 Å². The molecular weight excluding hydrogens is 180 g/mol. The summed E-state index contributed by atoms with van der Waals surface area (Å²) in [5.41, 5.74) is 7.47. The Hall–Kier alpha value is -0.410. The molecular formula is C10H14N2S. The lowest BCUT2D eigenvalue weighted by Gasteiger charge is -2.06. The molecule has 0 radical (unpaired) electrons. The van der Waals surface area contributed by atoms with E-state index in [9.17, 15) is 0 Å². The number of rotatable bonds is 1. The van der Waals surface area contributed by atoms with Crippen LogP contribution in [-0.2, 0) is 18.4 Å². The van der Waals surface area contributed by atoms with E-state index < -0.39 is 0 Å². The van der Waals surface area contributed by atoms with Crippen molar-refractivity contribution < 1.29 is 0 Å². The Morgan fingerprint density at radius 1 is 1.23 bits per heavy atom. The number of hydrogen-bond donors (Lipinski definition) is 1. The van der Waals surface area contributed by atoms with Crippen LogP contribution in [0.5, 0.6) is 0 Å². The Morgan fingerprint density at radius 2 is 2.00 bits per heavy atom. The Kier molecular flexibility index (Phi) is 1.56. The van der Waals surface area contributed by atoms with E-state index in [0.29, 0.717) is 0 Å². The smallest absolute Gasteiger partial charge is 0.113 e. The van der Waals surface area contributed by atoms with Crippen LogP contribution in [0, 0.1) is 0 Å². The molecule has 2 aliphatic rings. The quantitative estimate of drug-likeness (QED) is 0.742. The summed E-state index contributed by atoms with van der Waals surface area (Å²) in [4.78, 5) is 6.19. The predicted octanol–water partition coefficient (Wildman–Crippen LogP) is 1.97. The van der Waals surface area contributed by atoms with Gasteiger partial charge < -0.3 is 5.73 Å². The molecule has 1 aromatic heterocycles. The Balaban J connectivity index is 2.00. The van der Waals surface area contributed by atoms with Crippen LogP contribution in [-0.4, -0.2) is 4.98 Å². The molecule has 70 valence electrons. The zero-order valence-electron chi connectivity index (χ0n) is 7.68. The molecule has 3 heteroatoms. The molecule has 0 aliphatic heterocycles. The van der Waals surface area contributed by atoms with Gasteiger partial charge in [0.15, 0.2) is 0 Å². The van der Waals surface area contributed by atoms with Crippen molar-refractivity contribution in [1.82, 2.24) is 4.98 Å². The van der Waals surface area contributed by atoms with Gasteiger partial charge in [-0.05, 0) is 38.5 Å². The molecule has 1 aromatic rings. The molecule has 0 amide bonds. The van der Waals surface area contributed by atoms with Gasteiger partial charge in [0.25, 0.3) is 0 Å². The maximum absolute atomic E-state index is 6.13. The van der Waals surface area contributed by atoms with Gasteiger partial charge in [0, 0.05) is 4.88 Å². The number of fused-ring (bicyclic) bond motifs is 1. The van der Waals surface area contributed by atoms with Gasteiger partial charge in [-0.15, -0.1) is 11.3 Å². The fourth-order valence-corrected chi connectivity index (χ4v) is 3.22. The molecule has 3 rings (SSSR count). The maximum Gasteiger partial charge on any atom is 0.113 e. The van der Waals surface area contributed by atoms with E-state index in [1.54, 1.807) is 0 Å². The minimum atomic E-state index is -0.0119. The lowest BCUT2D eigenvalue weighted by atomic mass is 10.0. The molecule has 0 bridgehead atoms. The van der Waals surface area contributed by atoms with E-state index in [2.05, 4.69) is 4.98 Å². The van der Waals surface area contributed by atoms with Crippen molar-refractivity contribution in [2.75, 3.05) is 0 Å². The molecule has 0 aromatic carbocycles. The topological polar surface area (TPSA) is 38.9 Å². The first kappa shape index (κ1) is 7.94. The number of nitrogens with zero attached hydrogens (tertiary/aromatic N) is 1. The SMILES string of the molecule is NC1(c2nc3c(s2)CCCC3)CC1. The van der Waals surface area contributed by atoms with Gasteiger partial charge in [-0.3, -0.25) is 0 Å². The van der Waals surface area contributed by atoms with Crippen LogP contribution in [0.25, 0.3) is 0 Å². The van der Waals surface area contributed by atoms with Crippen molar-refractivity contribution in [1.29, 1.82) is 0 Å². The van der Waals surface area contributed by atoms with Crippen molar-refractivity contribution in [3.63, 3.8) is 0 Å². The average molecular weight is 194 g/mol. The lowest BCUT2D eigenvalue weighted by Crippen LogP contribution is -2.18. The minimum Gasteiger partial charge on any atom is -0.319 e. The Labute approximate surface area is 82.2 Å². The predicted molar refractivity (Wildman–Crippen MR) is 53.9 cm³/mol. The summed E-state index contributed by atoms with van der Waals surface area (Å²) in [7, 11) is 0. The van der Waals surface area contributed by atoms with Gasteiger partial charge in [0.1, 0.15) is 5.01 Å². The van der Waals surface area contributed by atoms with Gasteiger partial charge in [0.2, 0.25) is 0 Å². The first-order valence-corrected chi connectivity index (χ1v) is 5.87. The summed E-state index contributed by atoms with van der Waals surface area (Å²) in [6.07, 6.45) is 7.35. The third-order valence-electron chi connectivity index (χ3n) is 3.06. The van der Waals surface area contributed by atoms with Crippen LogP contribution in [0.2, 0.25) is 0 Å². The number of aryl methyl sites for hydroxylation is 2. The summed E-state index contributed by atoms with van der Waals surface area (Å²) in [6.45, 7) is 0. The summed E-state index contributed by atoms with van der Waals surface area (Å²) in [5.74, 6) is 0. The van der Waals surface area contributed by atoms with E-state index in [4.69, 9.17) is 5.73 Å². The first-order chi connectivity index (χ1) is 6.28. The largest absolute Gasteiger partial charge is 0.319 e. The highest BCUT2D eigenvalue weighted by Gasteiger charge is 2.43.